The fourth-order valence-electron chi connectivity index (χ4n) is 2.66. The monoisotopic (exact) mass is 377 g/mol. The van der Waals surface area contributed by atoms with Gasteiger partial charge >= 0.3 is 6.18 Å². The van der Waals surface area contributed by atoms with Crippen LogP contribution in [0, 0.1) is 0 Å². The molecule has 1 aromatic rings. The summed E-state index contributed by atoms with van der Waals surface area (Å²) < 4.78 is 38.1. The van der Waals surface area contributed by atoms with Crippen LogP contribution in [0.1, 0.15) is 31.7 Å². The van der Waals surface area contributed by atoms with Crippen LogP contribution in [0.3, 0.4) is 0 Å². The maximum atomic E-state index is 12.7. The molecule has 2 rings (SSSR count). The number of nitrogens with one attached hydrogen (secondary N) is 2. The highest BCUT2D eigenvalue weighted by atomic mass is 35.5. The molecule has 0 spiro atoms. The number of pyridine rings is 1. The zero-order valence-corrected chi connectivity index (χ0v) is 15.1. The molecule has 1 aliphatic heterocycles. The smallest absolute Gasteiger partial charge is 0.356 e. The number of aromatic nitrogens is 1. The van der Waals surface area contributed by atoms with Gasteiger partial charge in [-0.1, -0.05) is 24.9 Å². The van der Waals surface area contributed by atoms with Gasteiger partial charge < -0.3 is 15.5 Å². The van der Waals surface area contributed by atoms with Gasteiger partial charge in [-0.2, -0.15) is 13.2 Å². The Morgan fingerprint density at radius 1 is 1.48 bits per heavy atom. The number of unbranched alkanes of at least 4 members (excludes halogenated alkanes) is 1. The minimum Gasteiger partial charge on any atom is -0.356 e. The summed E-state index contributed by atoms with van der Waals surface area (Å²) >= 11 is 6.02. The van der Waals surface area contributed by atoms with E-state index in [4.69, 9.17) is 11.6 Å². The Kier molecular flexibility index (Phi) is 6.75. The second-order valence-corrected chi connectivity index (χ2v) is 6.36. The maximum absolute atomic E-state index is 12.7. The lowest BCUT2D eigenvalue weighted by atomic mass is 10.2. The van der Waals surface area contributed by atoms with Gasteiger partial charge in [0.05, 0.1) is 10.6 Å². The fourth-order valence-corrected chi connectivity index (χ4v) is 2.95. The van der Waals surface area contributed by atoms with Crippen LogP contribution < -0.4 is 15.5 Å². The van der Waals surface area contributed by atoms with Crippen LogP contribution in [0.5, 0.6) is 0 Å². The molecule has 0 saturated carbocycles. The van der Waals surface area contributed by atoms with Gasteiger partial charge in [-0.05, 0) is 18.9 Å². The van der Waals surface area contributed by atoms with Crippen molar-refractivity contribution in [2.24, 2.45) is 4.99 Å². The first-order chi connectivity index (χ1) is 11.8. The van der Waals surface area contributed by atoms with Crippen molar-refractivity contribution < 1.29 is 13.2 Å². The normalized spacial score (nSPS) is 18.6. The van der Waals surface area contributed by atoms with Crippen LogP contribution in [0.4, 0.5) is 19.0 Å². The molecule has 9 heteroatoms. The molecule has 2 heterocycles. The lowest BCUT2D eigenvalue weighted by Gasteiger charge is -2.21. The standard InChI is InChI=1S/C16H23ClF3N5/c1-3-4-6-22-15(21-2)24-12-5-7-25(10-12)14-13(17)8-11(9-23-14)16(18,19)20/h8-9,12H,3-7,10H2,1-2H3,(H2,21,22,24). The number of halogens is 4. The Hall–Kier alpha value is -1.70. The van der Waals surface area contributed by atoms with Gasteiger partial charge in [0.15, 0.2) is 5.96 Å². The van der Waals surface area contributed by atoms with Gasteiger partial charge in [-0.3, -0.25) is 4.99 Å². The van der Waals surface area contributed by atoms with E-state index in [1.165, 1.54) is 0 Å². The molecule has 2 N–H and O–H groups in total. The Labute approximate surface area is 150 Å². The average molecular weight is 378 g/mol. The number of rotatable bonds is 5. The van der Waals surface area contributed by atoms with Crippen molar-refractivity contribution >= 4 is 23.4 Å². The van der Waals surface area contributed by atoms with Gasteiger partial charge in [-0.25, -0.2) is 4.98 Å². The summed E-state index contributed by atoms with van der Waals surface area (Å²) in [4.78, 5) is 10.00. The molecule has 1 saturated heterocycles. The summed E-state index contributed by atoms with van der Waals surface area (Å²) in [7, 11) is 1.71. The van der Waals surface area contributed by atoms with E-state index in [-0.39, 0.29) is 11.1 Å². The molecule has 1 aromatic heterocycles. The topological polar surface area (TPSA) is 52.6 Å². The van der Waals surface area contributed by atoms with Crippen LogP contribution in [-0.2, 0) is 6.18 Å². The molecule has 1 fully saturated rings. The van der Waals surface area contributed by atoms with Crippen LogP contribution >= 0.6 is 11.6 Å². The van der Waals surface area contributed by atoms with E-state index in [0.717, 1.165) is 44.0 Å². The lowest BCUT2D eigenvalue weighted by Crippen LogP contribution is -2.44. The molecule has 1 unspecified atom stereocenters. The summed E-state index contributed by atoms with van der Waals surface area (Å²) in [5, 5.41) is 6.58. The number of aliphatic imine (C=N–C) groups is 1. The highest BCUT2D eigenvalue weighted by Gasteiger charge is 2.33. The number of alkyl halides is 3. The summed E-state index contributed by atoms with van der Waals surface area (Å²) in [5.41, 5.74) is -0.837. The van der Waals surface area contributed by atoms with Crippen LogP contribution in [0.2, 0.25) is 5.02 Å². The molecular formula is C16H23ClF3N5. The molecule has 5 nitrogen and oxygen atoms in total. The predicted molar refractivity (Wildman–Crippen MR) is 94.3 cm³/mol. The van der Waals surface area contributed by atoms with E-state index in [2.05, 4.69) is 27.5 Å². The summed E-state index contributed by atoms with van der Waals surface area (Å²) in [6.07, 6.45) is -0.635. The quantitative estimate of drug-likeness (QED) is 0.469. The first-order valence-electron chi connectivity index (χ1n) is 8.30. The minimum absolute atomic E-state index is 0.0147. The SMILES string of the molecule is CCCCNC(=NC)NC1CCN(c2ncc(C(F)(F)F)cc2Cl)C1. The number of nitrogens with zero attached hydrogens (tertiary/aromatic N) is 3. The number of anilines is 1. The second-order valence-electron chi connectivity index (χ2n) is 5.96. The zero-order chi connectivity index (χ0) is 18.4. The number of guanidine groups is 1. The van der Waals surface area contributed by atoms with Crippen molar-refractivity contribution in [2.45, 2.75) is 38.4 Å². The number of hydrogen-bond donors (Lipinski definition) is 2. The maximum Gasteiger partial charge on any atom is 0.417 e. The average Bonchev–Trinajstić information content (AvgIpc) is 3.01. The van der Waals surface area contributed by atoms with Gasteiger partial charge in [0.25, 0.3) is 0 Å². The third-order valence-electron chi connectivity index (χ3n) is 4.02. The lowest BCUT2D eigenvalue weighted by molar-refractivity contribution is -0.137. The molecule has 0 radical (unpaired) electrons. The fraction of sp³-hybridized carbons (Fsp3) is 0.625. The van der Waals surface area contributed by atoms with E-state index in [1.54, 1.807) is 7.05 Å². The van der Waals surface area contributed by atoms with Gasteiger partial charge in [-0.15, -0.1) is 0 Å². The molecule has 1 atom stereocenters. The first-order valence-corrected chi connectivity index (χ1v) is 8.67. The third kappa shape index (κ3) is 5.39. The van der Waals surface area contributed by atoms with E-state index in [0.29, 0.717) is 18.9 Å². The van der Waals surface area contributed by atoms with E-state index in [1.807, 2.05) is 4.90 Å². The highest BCUT2D eigenvalue weighted by Crippen LogP contribution is 2.34. The van der Waals surface area contributed by atoms with E-state index >= 15 is 0 Å². The molecule has 140 valence electrons. The van der Waals surface area contributed by atoms with Crippen molar-refractivity contribution in [3.63, 3.8) is 0 Å². The number of hydrogen-bond acceptors (Lipinski definition) is 3. The minimum atomic E-state index is -4.44. The molecule has 1 aliphatic rings. The van der Waals surface area contributed by atoms with E-state index in [9.17, 15) is 13.2 Å². The molecule has 0 aliphatic carbocycles. The molecular weight excluding hydrogens is 355 g/mol. The van der Waals surface area contributed by atoms with Crippen molar-refractivity contribution in [1.29, 1.82) is 0 Å². The molecule has 0 bridgehead atoms. The zero-order valence-electron chi connectivity index (χ0n) is 14.3. The predicted octanol–water partition coefficient (Wildman–Crippen LogP) is 3.30. The third-order valence-corrected chi connectivity index (χ3v) is 4.30. The summed E-state index contributed by atoms with van der Waals surface area (Å²) in [6, 6.07) is 1.06. The van der Waals surface area contributed by atoms with Gasteiger partial charge in [0, 0.05) is 38.9 Å². The van der Waals surface area contributed by atoms with Crippen molar-refractivity contribution in [1.82, 2.24) is 15.6 Å². The Morgan fingerprint density at radius 3 is 2.84 bits per heavy atom. The Morgan fingerprint density at radius 2 is 2.24 bits per heavy atom. The molecule has 0 amide bonds. The van der Waals surface area contributed by atoms with E-state index < -0.39 is 11.7 Å². The van der Waals surface area contributed by atoms with Gasteiger partial charge in [0.1, 0.15) is 5.82 Å². The van der Waals surface area contributed by atoms with Crippen LogP contribution in [0.15, 0.2) is 17.3 Å². The second kappa shape index (κ2) is 8.60. The summed E-state index contributed by atoms with van der Waals surface area (Å²) in [6.45, 7) is 4.24. The first kappa shape index (κ1) is 19.6. The van der Waals surface area contributed by atoms with Crippen LogP contribution in [-0.4, -0.2) is 43.7 Å². The summed E-state index contributed by atoms with van der Waals surface area (Å²) in [5.74, 6) is 1.11. The molecule has 0 aromatic carbocycles. The van der Waals surface area contributed by atoms with Gasteiger partial charge in [0.2, 0.25) is 0 Å². The largest absolute Gasteiger partial charge is 0.417 e. The van der Waals surface area contributed by atoms with Crippen LogP contribution in [0.25, 0.3) is 0 Å². The Balaban J connectivity index is 1.96. The Bertz CT molecular complexity index is 606. The van der Waals surface area contributed by atoms with Crippen molar-refractivity contribution in [3.05, 3.63) is 22.8 Å². The van der Waals surface area contributed by atoms with Crippen molar-refractivity contribution in [3.8, 4) is 0 Å². The molecule has 25 heavy (non-hydrogen) atoms. The highest BCUT2D eigenvalue weighted by molar-refractivity contribution is 6.33. The van der Waals surface area contributed by atoms with Crippen molar-refractivity contribution in [2.75, 3.05) is 31.6 Å².